The second-order valence-electron chi connectivity index (χ2n) is 8.90. The number of hydrogen-bond donors (Lipinski definition) is 2. The molecule has 0 radical (unpaired) electrons. The Balaban J connectivity index is 1.15. The van der Waals surface area contributed by atoms with Crippen molar-refractivity contribution in [3.63, 3.8) is 0 Å². The first-order valence-corrected chi connectivity index (χ1v) is 14.2. The molecular weight excluding hydrogens is 551 g/mol. The lowest BCUT2D eigenvalue weighted by molar-refractivity contribution is -0.113. The van der Waals surface area contributed by atoms with E-state index in [4.69, 9.17) is 4.74 Å². The first-order chi connectivity index (χ1) is 18.6. The van der Waals surface area contributed by atoms with Crippen LogP contribution in [0.1, 0.15) is 28.7 Å². The number of aryl methyl sites for hydroxylation is 2. The van der Waals surface area contributed by atoms with Gasteiger partial charge in [-0.25, -0.2) is 0 Å². The second-order valence-corrected chi connectivity index (χ2v) is 11.6. The number of rotatable bonds is 7. The fourth-order valence-electron chi connectivity index (χ4n) is 4.11. The number of amidine groups is 1. The largest absolute Gasteiger partial charge is 0.516 e. The van der Waals surface area contributed by atoms with Gasteiger partial charge in [0.1, 0.15) is 12.4 Å². The molecule has 1 amide bonds. The van der Waals surface area contributed by atoms with Crippen LogP contribution in [0.15, 0.2) is 76.6 Å². The molecule has 7 nitrogen and oxygen atoms in total. The molecular formula is C27H22F3N3O4S2. The minimum absolute atomic E-state index is 0.254. The summed E-state index contributed by atoms with van der Waals surface area (Å²) in [4.78, 5) is 16.7. The van der Waals surface area contributed by atoms with E-state index in [1.165, 1.54) is 46.5 Å². The minimum atomic E-state index is -5.51. The molecule has 2 aliphatic rings. The van der Waals surface area contributed by atoms with E-state index in [0.29, 0.717) is 22.9 Å². The van der Waals surface area contributed by atoms with Gasteiger partial charge in [0.05, 0.1) is 4.91 Å². The SMILES string of the molecule is O=C1N=C(Nc2ccc(NS(=O)(=O)C(F)(F)F)cc2)SC1=Cc1ccc(OCc2ccc3c(c2)CCC3)cc1. The van der Waals surface area contributed by atoms with Gasteiger partial charge in [-0.1, -0.05) is 30.3 Å². The van der Waals surface area contributed by atoms with Crippen LogP contribution in [0.4, 0.5) is 24.5 Å². The van der Waals surface area contributed by atoms with Crippen LogP contribution in [0.25, 0.3) is 6.08 Å². The quantitative estimate of drug-likeness (QED) is 0.332. The first-order valence-electron chi connectivity index (χ1n) is 11.9. The molecule has 0 saturated heterocycles. The van der Waals surface area contributed by atoms with Crippen molar-refractivity contribution in [1.29, 1.82) is 0 Å². The summed E-state index contributed by atoms with van der Waals surface area (Å²) in [5.41, 5.74) is -0.524. The maximum atomic E-state index is 12.5. The molecule has 202 valence electrons. The number of alkyl halides is 3. The van der Waals surface area contributed by atoms with Crippen LogP contribution in [0, 0.1) is 0 Å². The Hall–Kier alpha value is -3.77. The number of fused-ring (bicyclic) bond motifs is 1. The molecule has 2 N–H and O–H groups in total. The van der Waals surface area contributed by atoms with Crippen molar-refractivity contribution in [3.8, 4) is 5.75 Å². The third kappa shape index (κ3) is 6.45. The van der Waals surface area contributed by atoms with Crippen LogP contribution in [0.2, 0.25) is 0 Å². The van der Waals surface area contributed by atoms with Gasteiger partial charge >= 0.3 is 15.5 Å². The van der Waals surface area contributed by atoms with Crippen LogP contribution in [-0.2, 0) is 34.3 Å². The molecule has 1 aliphatic heterocycles. The van der Waals surface area contributed by atoms with Gasteiger partial charge in [-0.2, -0.15) is 26.6 Å². The number of carbonyl (C=O) groups excluding carboxylic acids is 1. The molecule has 0 spiro atoms. The highest BCUT2D eigenvalue weighted by Gasteiger charge is 2.46. The molecule has 3 aromatic carbocycles. The zero-order valence-electron chi connectivity index (χ0n) is 20.3. The van der Waals surface area contributed by atoms with Crippen molar-refractivity contribution in [1.82, 2.24) is 0 Å². The molecule has 12 heteroatoms. The van der Waals surface area contributed by atoms with Gasteiger partial charge in [0.2, 0.25) is 0 Å². The number of hydrogen-bond acceptors (Lipinski definition) is 6. The van der Waals surface area contributed by atoms with E-state index in [1.54, 1.807) is 6.08 Å². The Morgan fingerprint density at radius 3 is 2.36 bits per heavy atom. The van der Waals surface area contributed by atoms with Crippen molar-refractivity contribution < 1.29 is 31.1 Å². The highest BCUT2D eigenvalue weighted by molar-refractivity contribution is 8.18. The molecule has 0 atom stereocenters. The molecule has 0 saturated carbocycles. The molecule has 1 aliphatic carbocycles. The number of nitrogens with zero attached hydrogens (tertiary/aromatic N) is 1. The summed E-state index contributed by atoms with van der Waals surface area (Å²) in [6.07, 6.45) is 5.16. The van der Waals surface area contributed by atoms with E-state index in [9.17, 15) is 26.4 Å². The lowest BCUT2D eigenvalue weighted by Crippen LogP contribution is -2.29. The van der Waals surface area contributed by atoms with Crippen LogP contribution in [-0.4, -0.2) is 25.0 Å². The molecule has 3 aromatic rings. The average Bonchev–Trinajstić information content (AvgIpc) is 3.49. The van der Waals surface area contributed by atoms with Crippen LogP contribution < -0.4 is 14.8 Å². The maximum absolute atomic E-state index is 12.5. The van der Waals surface area contributed by atoms with Crippen LogP contribution in [0.3, 0.4) is 0 Å². The number of carbonyl (C=O) groups is 1. The summed E-state index contributed by atoms with van der Waals surface area (Å²) in [6, 6.07) is 18.9. The van der Waals surface area contributed by atoms with Crippen molar-refractivity contribution >= 4 is 50.3 Å². The molecule has 0 aromatic heterocycles. The van der Waals surface area contributed by atoms with E-state index in [1.807, 2.05) is 24.3 Å². The van der Waals surface area contributed by atoms with Crippen molar-refractivity contribution in [2.24, 2.45) is 4.99 Å². The minimum Gasteiger partial charge on any atom is -0.489 e. The average molecular weight is 574 g/mol. The summed E-state index contributed by atoms with van der Waals surface area (Å²) in [7, 11) is -5.51. The summed E-state index contributed by atoms with van der Waals surface area (Å²) in [5.74, 6) is 0.275. The summed E-state index contributed by atoms with van der Waals surface area (Å²) in [6.45, 7) is 0.472. The number of thioether (sulfide) groups is 1. The van der Waals surface area contributed by atoms with Crippen molar-refractivity contribution in [2.75, 3.05) is 10.0 Å². The van der Waals surface area contributed by atoms with Gasteiger partial charge < -0.3 is 10.1 Å². The topological polar surface area (TPSA) is 96.9 Å². The molecule has 0 fully saturated rings. The standard InChI is InChI=1S/C27H22F3N3O4S2/c28-27(29,30)39(35,36)33-22-10-8-21(9-11-22)31-26-32-25(34)24(38-26)15-17-5-12-23(13-6-17)37-16-18-4-7-19-2-1-3-20(19)14-18/h4-15,33H,1-3,16H2,(H,31,32,34). The molecule has 0 unspecified atom stereocenters. The van der Waals surface area contributed by atoms with E-state index in [2.05, 4.69) is 28.5 Å². The van der Waals surface area contributed by atoms with E-state index >= 15 is 0 Å². The maximum Gasteiger partial charge on any atom is 0.516 e. The monoisotopic (exact) mass is 573 g/mol. The van der Waals surface area contributed by atoms with Crippen molar-refractivity contribution in [2.45, 2.75) is 31.4 Å². The zero-order valence-corrected chi connectivity index (χ0v) is 21.9. The summed E-state index contributed by atoms with van der Waals surface area (Å²) >= 11 is 1.11. The molecule has 5 rings (SSSR count). The lowest BCUT2D eigenvalue weighted by Gasteiger charge is -2.11. The van der Waals surface area contributed by atoms with E-state index in [-0.39, 0.29) is 10.9 Å². The third-order valence-electron chi connectivity index (χ3n) is 6.06. The number of benzene rings is 3. The normalized spacial score (nSPS) is 16.2. The Morgan fingerprint density at radius 1 is 0.949 bits per heavy atom. The number of halogens is 3. The summed E-state index contributed by atoms with van der Waals surface area (Å²) < 4.78 is 67.4. The van der Waals surface area contributed by atoms with Gasteiger partial charge in [0.15, 0.2) is 5.17 Å². The number of anilines is 2. The van der Waals surface area contributed by atoms with Crippen LogP contribution >= 0.6 is 11.8 Å². The predicted molar refractivity (Wildman–Crippen MR) is 146 cm³/mol. The number of aliphatic imine (C=N–C) groups is 1. The van der Waals surface area contributed by atoms with Gasteiger partial charge in [0, 0.05) is 11.4 Å². The number of sulfonamides is 1. The van der Waals surface area contributed by atoms with Gasteiger partial charge in [0.25, 0.3) is 5.91 Å². The Bertz CT molecular complexity index is 1570. The van der Waals surface area contributed by atoms with Crippen molar-refractivity contribution in [3.05, 3.63) is 93.9 Å². The molecule has 1 heterocycles. The molecule has 39 heavy (non-hydrogen) atoms. The highest BCUT2D eigenvalue weighted by atomic mass is 32.2. The van der Waals surface area contributed by atoms with E-state index in [0.717, 1.165) is 35.7 Å². The smallest absolute Gasteiger partial charge is 0.489 e. The van der Waals surface area contributed by atoms with Crippen LogP contribution in [0.5, 0.6) is 5.75 Å². The third-order valence-corrected chi connectivity index (χ3v) is 8.07. The Labute approximate surface area is 227 Å². The molecule has 0 bridgehead atoms. The van der Waals surface area contributed by atoms with Gasteiger partial charge in [-0.3, -0.25) is 9.52 Å². The fourth-order valence-corrected chi connectivity index (χ4v) is 5.51. The number of amides is 1. The predicted octanol–water partition coefficient (Wildman–Crippen LogP) is 6.10. The fraction of sp³-hybridized carbons (Fsp3) is 0.185. The van der Waals surface area contributed by atoms with Gasteiger partial charge in [-0.15, -0.1) is 0 Å². The summed E-state index contributed by atoms with van der Waals surface area (Å²) in [5, 5.41) is 3.18. The van der Waals surface area contributed by atoms with Gasteiger partial charge in [-0.05, 0) is 95.8 Å². The number of ether oxygens (including phenoxy) is 1. The first kappa shape index (κ1) is 26.8. The Morgan fingerprint density at radius 2 is 1.64 bits per heavy atom. The Kier molecular flexibility index (Phi) is 7.41. The number of nitrogens with one attached hydrogen (secondary N) is 2. The second kappa shape index (κ2) is 10.8. The zero-order chi connectivity index (χ0) is 27.6. The highest BCUT2D eigenvalue weighted by Crippen LogP contribution is 2.31. The lowest BCUT2D eigenvalue weighted by atomic mass is 10.1. The van der Waals surface area contributed by atoms with E-state index < -0.39 is 21.4 Å².